The second kappa shape index (κ2) is 5.60. The summed E-state index contributed by atoms with van der Waals surface area (Å²) in [5, 5.41) is 5.70. The fraction of sp³-hybridized carbons (Fsp3) is 0.133. The van der Waals surface area contributed by atoms with Crippen molar-refractivity contribution in [2.75, 3.05) is 5.32 Å². The Morgan fingerprint density at radius 3 is 2.75 bits per heavy atom. The zero-order valence-electron chi connectivity index (χ0n) is 10.8. The van der Waals surface area contributed by atoms with E-state index in [2.05, 4.69) is 16.4 Å². The van der Waals surface area contributed by atoms with Crippen LogP contribution in [0.2, 0.25) is 10.0 Å². The maximum Gasteiger partial charge on any atom is 0.113 e. The first-order chi connectivity index (χ1) is 9.63. The van der Waals surface area contributed by atoms with E-state index in [0.717, 1.165) is 21.8 Å². The van der Waals surface area contributed by atoms with E-state index >= 15 is 0 Å². The summed E-state index contributed by atoms with van der Waals surface area (Å²) in [6.07, 6.45) is 0. The van der Waals surface area contributed by atoms with E-state index in [1.807, 2.05) is 37.3 Å². The molecule has 20 heavy (non-hydrogen) atoms. The highest BCUT2D eigenvalue weighted by Crippen LogP contribution is 2.30. The summed E-state index contributed by atoms with van der Waals surface area (Å²) in [5.41, 5.74) is 2.84. The van der Waals surface area contributed by atoms with Crippen LogP contribution in [0.4, 0.5) is 5.69 Å². The summed E-state index contributed by atoms with van der Waals surface area (Å²) in [6, 6.07) is 11.8. The first-order valence-corrected chi connectivity index (χ1v) is 7.75. The van der Waals surface area contributed by atoms with Crippen LogP contribution in [-0.4, -0.2) is 4.98 Å². The molecule has 1 aromatic heterocycles. The Labute approximate surface area is 131 Å². The number of anilines is 1. The summed E-state index contributed by atoms with van der Waals surface area (Å²) in [4.78, 5) is 4.58. The SMILES string of the molecule is Cc1cc(Cl)c(NCc2nc3ccccc3s2)cc1Cl. The van der Waals surface area contributed by atoms with Gasteiger partial charge in [0.2, 0.25) is 0 Å². The molecule has 3 rings (SSSR count). The van der Waals surface area contributed by atoms with Gasteiger partial charge in [-0.05, 0) is 36.8 Å². The van der Waals surface area contributed by atoms with Gasteiger partial charge in [0, 0.05) is 5.02 Å². The van der Waals surface area contributed by atoms with E-state index in [-0.39, 0.29) is 0 Å². The summed E-state index contributed by atoms with van der Waals surface area (Å²) >= 11 is 14.0. The molecular weight excluding hydrogens is 311 g/mol. The Balaban J connectivity index is 1.81. The number of fused-ring (bicyclic) bond motifs is 1. The maximum atomic E-state index is 6.21. The third-order valence-corrected chi connectivity index (χ3v) is 4.77. The number of hydrogen-bond donors (Lipinski definition) is 1. The van der Waals surface area contributed by atoms with Crippen molar-refractivity contribution in [1.82, 2.24) is 4.98 Å². The van der Waals surface area contributed by atoms with Gasteiger partial charge in [-0.1, -0.05) is 35.3 Å². The molecule has 0 amide bonds. The average Bonchev–Trinajstić information content (AvgIpc) is 2.84. The number of aromatic nitrogens is 1. The molecule has 0 radical (unpaired) electrons. The lowest BCUT2D eigenvalue weighted by Crippen LogP contribution is -1.99. The van der Waals surface area contributed by atoms with E-state index < -0.39 is 0 Å². The third kappa shape index (κ3) is 2.75. The van der Waals surface area contributed by atoms with Gasteiger partial charge < -0.3 is 5.32 Å². The number of thiazole rings is 1. The molecule has 3 aromatic rings. The molecule has 0 fully saturated rings. The fourth-order valence-electron chi connectivity index (χ4n) is 1.95. The van der Waals surface area contributed by atoms with E-state index in [1.165, 1.54) is 4.70 Å². The van der Waals surface area contributed by atoms with Crippen LogP contribution >= 0.6 is 34.5 Å². The van der Waals surface area contributed by atoms with Gasteiger partial charge >= 0.3 is 0 Å². The Hall–Kier alpha value is -1.29. The van der Waals surface area contributed by atoms with Crippen LogP contribution in [0.5, 0.6) is 0 Å². The van der Waals surface area contributed by atoms with Crippen LogP contribution in [0.25, 0.3) is 10.2 Å². The van der Waals surface area contributed by atoms with Crippen LogP contribution in [0.15, 0.2) is 36.4 Å². The number of nitrogens with zero attached hydrogens (tertiary/aromatic N) is 1. The standard InChI is InChI=1S/C15H12Cl2N2S/c1-9-6-11(17)13(7-10(9)16)18-8-15-19-12-4-2-3-5-14(12)20-15/h2-7,18H,8H2,1H3. The molecule has 1 N–H and O–H groups in total. The van der Waals surface area contributed by atoms with Crippen molar-refractivity contribution in [2.45, 2.75) is 13.5 Å². The largest absolute Gasteiger partial charge is 0.377 e. The Bertz CT molecular complexity index is 735. The lowest BCUT2D eigenvalue weighted by atomic mass is 10.2. The van der Waals surface area contributed by atoms with Crippen LogP contribution in [0.1, 0.15) is 10.6 Å². The topological polar surface area (TPSA) is 24.9 Å². The van der Waals surface area contributed by atoms with Crippen molar-refractivity contribution in [3.63, 3.8) is 0 Å². The average molecular weight is 323 g/mol. The summed E-state index contributed by atoms with van der Waals surface area (Å²) < 4.78 is 1.19. The first-order valence-electron chi connectivity index (χ1n) is 6.17. The maximum absolute atomic E-state index is 6.21. The number of para-hydroxylation sites is 1. The summed E-state index contributed by atoms with van der Waals surface area (Å²) in [5.74, 6) is 0. The van der Waals surface area contributed by atoms with Crippen LogP contribution in [0.3, 0.4) is 0 Å². The molecule has 0 unspecified atom stereocenters. The van der Waals surface area contributed by atoms with E-state index in [4.69, 9.17) is 23.2 Å². The molecular formula is C15H12Cl2N2S. The smallest absolute Gasteiger partial charge is 0.113 e. The van der Waals surface area contributed by atoms with Gasteiger partial charge in [-0.25, -0.2) is 4.98 Å². The van der Waals surface area contributed by atoms with Crippen molar-refractivity contribution < 1.29 is 0 Å². The normalized spacial score (nSPS) is 10.9. The molecule has 5 heteroatoms. The van der Waals surface area contributed by atoms with Gasteiger partial charge in [-0.2, -0.15) is 0 Å². The van der Waals surface area contributed by atoms with Gasteiger partial charge in [0.05, 0.1) is 27.5 Å². The second-order valence-corrected chi connectivity index (χ2v) is 6.44. The Morgan fingerprint density at radius 2 is 1.95 bits per heavy atom. The van der Waals surface area contributed by atoms with E-state index in [9.17, 15) is 0 Å². The molecule has 1 heterocycles. The minimum absolute atomic E-state index is 0.637. The molecule has 2 aromatic carbocycles. The predicted octanol–water partition coefficient (Wildman–Crippen LogP) is 5.52. The molecule has 0 atom stereocenters. The van der Waals surface area contributed by atoms with E-state index in [1.54, 1.807) is 11.3 Å². The molecule has 102 valence electrons. The van der Waals surface area contributed by atoms with Crippen molar-refractivity contribution >= 4 is 50.4 Å². The monoisotopic (exact) mass is 322 g/mol. The van der Waals surface area contributed by atoms with Crippen molar-refractivity contribution in [1.29, 1.82) is 0 Å². The minimum atomic E-state index is 0.637. The fourth-order valence-corrected chi connectivity index (χ4v) is 3.30. The number of halogens is 2. The number of nitrogens with one attached hydrogen (secondary N) is 1. The lowest BCUT2D eigenvalue weighted by molar-refractivity contribution is 1.12. The highest BCUT2D eigenvalue weighted by molar-refractivity contribution is 7.18. The Kier molecular flexibility index (Phi) is 3.83. The van der Waals surface area contributed by atoms with Crippen molar-refractivity contribution in [3.8, 4) is 0 Å². The summed E-state index contributed by atoms with van der Waals surface area (Å²) in [6.45, 7) is 2.57. The number of hydrogen-bond acceptors (Lipinski definition) is 3. The zero-order chi connectivity index (χ0) is 14.1. The molecule has 0 bridgehead atoms. The lowest BCUT2D eigenvalue weighted by Gasteiger charge is -2.08. The highest BCUT2D eigenvalue weighted by Gasteiger charge is 2.07. The van der Waals surface area contributed by atoms with Crippen LogP contribution in [0, 0.1) is 6.92 Å². The van der Waals surface area contributed by atoms with Crippen LogP contribution < -0.4 is 5.32 Å². The predicted molar refractivity (Wildman–Crippen MR) is 88.1 cm³/mol. The third-order valence-electron chi connectivity index (χ3n) is 3.02. The van der Waals surface area contributed by atoms with Gasteiger partial charge in [0.15, 0.2) is 0 Å². The highest BCUT2D eigenvalue weighted by atomic mass is 35.5. The van der Waals surface area contributed by atoms with Gasteiger partial charge in [-0.15, -0.1) is 11.3 Å². The first kappa shape index (κ1) is 13.7. The minimum Gasteiger partial charge on any atom is -0.377 e. The molecule has 2 nitrogen and oxygen atoms in total. The van der Waals surface area contributed by atoms with Crippen molar-refractivity contribution in [2.24, 2.45) is 0 Å². The molecule has 0 saturated carbocycles. The molecule has 0 aliphatic heterocycles. The van der Waals surface area contributed by atoms with Gasteiger partial charge in [-0.3, -0.25) is 0 Å². The number of rotatable bonds is 3. The molecule has 0 saturated heterocycles. The van der Waals surface area contributed by atoms with E-state index in [0.29, 0.717) is 16.6 Å². The molecule has 0 spiro atoms. The summed E-state index contributed by atoms with van der Waals surface area (Å²) in [7, 11) is 0. The zero-order valence-corrected chi connectivity index (χ0v) is 13.1. The molecule has 0 aliphatic rings. The van der Waals surface area contributed by atoms with Crippen molar-refractivity contribution in [3.05, 3.63) is 57.0 Å². The number of benzene rings is 2. The molecule has 0 aliphatic carbocycles. The quantitative estimate of drug-likeness (QED) is 0.686. The number of aryl methyl sites for hydroxylation is 1. The second-order valence-electron chi connectivity index (χ2n) is 4.51. The van der Waals surface area contributed by atoms with Gasteiger partial charge in [0.25, 0.3) is 0 Å². The Morgan fingerprint density at radius 1 is 1.15 bits per heavy atom. The van der Waals surface area contributed by atoms with Crippen LogP contribution in [-0.2, 0) is 6.54 Å². The van der Waals surface area contributed by atoms with Gasteiger partial charge in [0.1, 0.15) is 5.01 Å².